The van der Waals surface area contributed by atoms with Crippen molar-refractivity contribution in [2.24, 2.45) is 5.92 Å². The molecule has 4 heteroatoms. The monoisotopic (exact) mass is 354 g/mol. The van der Waals surface area contributed by atoms with Gasteiger partial charge in [-0.15, -0.1) is 11.6 Å². The Morgan fingerprint density at radius 3 is 2.50 bits per heavy atom. The lowest BCUT2D eigenvalue weighted by atomic mass is 9.92. The first kappa shape index (κ1) is 16.1. The Labute approximate surface area is 146 Å². The maximum absolute atomic E-state index is 6.69. The molecule has 0 aromatic heterocycles. The lowest BCUT2D eigenvalue weighted by Gasteiger charge is -2.29. The van der Waals surface area contributed by atoms with E-state index in [1.165, 1.54) is 0 Å². The second kappa shape index (κ2) is 6.41. The van der Waals surface area contributed by atoms with E-state index in [-0.39, 0.29) is 17.4 Å². The standard InChI is InChI=1S/C18H17Cl3O/c1-12-6-5-9-14(10-12)17-18(20,21)15(11-22-17)16(19)13-7-3-2-4-8-13/h2-10,15-17H,11H2,1H3/t15-,16?,17?/m0/s1. The smallest absolute Gasteiger partial charge is 0.155 e. The van der Waals surface area contributed by atoms with Crippen LogP contribution in [0.2, 0.25) is 0 Å². The molecule has 1 aliphatic rings. The molecule has 2 aromatic carbocycles. The molecule has 1 nitrogen and oxygen atoms in total. The van der Waals surface area contributed by atoms with E-state index in [0.717, 1.165) is 16.7 Å². The van der Waals surface area contributed by atoms with Gasteiger partial charge < -0.3 is 4.74 Å². The molecule has 1 fully saturated rings. The molecule has 0 spiro atoms. The molecule has 1 aliphatic heterocycles. The Morgan fingerprint density at radius 2 is 1.82 bits per heavy atom. The minimum Gasteiger partial charge on any atom is -0.370 e. The third-order valence-electron chi connectivity index (χ3n) is 4.10. The molecule has 3 rings (SSSR count). The molecule has 1 heterocycles. The van der Waals surface area contributed by atoms with Crippen molar-refractivity contribution in [1.29, 1.82) is 0 Å². The van der Waals surface area contributed by atoms with Gasteiger partial charge in [-0.25, -0.2) is 0 Å². The number of hydrogen-bond donors (Lipinski definition) is 0. The normalized spacial score (nSPS) is 25.1. The summed E-state index contributed by atoms with van der Waals surface area (Å²) in [6.45, 7) is 2.48. The Balaban J connectivity index is 1.87. The predicted molar refractivity (Wildman–Crippen MR) is 92.8 cm³/mol. The Bertz CT molecular complexity index is 642. The second-order valence-electron chi connectivity index (χ2n) is 5.72. The Kier molecular flexibility index (Phi) is 4.70. The minimum absolute atomic E-state index is 0.176. The molecule has 0 saturated carbocycles. The van der Waals surface area contributed by atoms with E-state index >= 15 is 0 Å². The van der Waals surface area contributed by atoms with Gasteiger partial charge in [0.05, 0.1) is 12.0 Å². The van der Waals surface area contributed by atoms with Gasteiger partial charge in [-0.3, -0.25) is 0 Å². The number of rotatable bonds is 3. The SMILES string of the molecule is Cc1cccc(C2OC[C@@H](C(Cl)c3ccccc3)C2(Cl)Cl)c1. The van der Waals surface area contributed by atoms with Crippen LogP contribution in [0.5, 0.6) is 0 Å². The van der Waals surface area contributed by atoms with Gasteiger partial charge in [-0.2, -0.15) is 0 Å². The lowest BCUT2D eigenvalue weighted by molar-refractivity contribution is 0.104. The number of ether oxygens (including phenoxy) is 1. The summed E-state index contributed by atoms with van der Waals surface area (Å²) in [5.74, 6) is -0.176. The number of aryl methyl sites for hydroxylation is 1. The third-order valence-corrected chi connectivity index (χ3v) is 5.62. The van der Waals surface area contributed by atoms with Crippen molar-refractivity contribution in [3.05, 3.63) is 71.3 Å². The van der Waals surface area contributed by atoms with Gasteiger partial charge in [0.15, 0.2) is 4.33 Å². The molecule has 0 radical (unpaired) electrons. The summed E-state index contributed by atoms with van der Waals surface area (Å²) < 4.78 is 4.86. The Hall–Kier alpha value is -0.730. The van der Waals surface area contributed by atoms with Crippen LogP contribution in [0.25, 0.3) is 0 Å². The molecule has 0 N–H and O–H groups in total. The van der Waals surface area contributed by atoms with Crippen LogP contribution in [0.4, 0.5) is 0 Å². The summed E-state index contributed by atoms with van der Waals surface area (Å²) in [5, 5.41) is -0.286. The van der Waals surface area contributed by atoms with Gasteiger partial charge in [0, 0.05) is 5.92 Å². The van der Waals surface area contributed by atoms with Crippen molar-refractivity contribution < 1.29 is 4.74 Å². The van der Waals surface area contributed by atoms with Gasteiger partial charge in [0.25, 0.3) is 0 Å². The fourth-order valence-corrected chi connectivity index (χ4v) is 4.22. The van der Waals surface area contributed by atoms with Crippen LogP contribution >= 0.6 is 34.8 Å². The summed E-state index contributed by atoms with van der Waals surface area (Å²) in [4.78, 5) is 0. The fourth-order valence-electron chi connectivity index (χ4n) is 2.92. The summed E-state index contributed by atoms with van der Waals surface area (Å²) >= 11 is 20.0. The highest BCUT2D eigenvalue weighted by atomic mass is 35.5. The van der Waals surface area contributed by atoms with Gasteiger partial charge in [0.2, 0.25) is 0 Å². The first-order valence-corrected chi connectivity index (χ1v) is 8.44. The van der Waals surface area contributed by atoms with Crippen LogP contribution in [0.15, 0.2) is 54.6 Å². The van der Waals surface area contributed by atoms with Gasteiger partial charge >= 0.3 is 0 Å². The van der Waals surface area contributed by atoms with E-state index in [1.54, 1.807) is 0 Å². The maximum atomic E-state index is 6.69. The van der Waals surface area contributed by atoms with Crippen LogP contribution < -0.4 is 0 Å². The van der Waals surface area contributed by atoms with Crippen LogP contribution in [0, 0.1) is 12.8 Å². The zero-order chi connectivity index (χ0) is 15.7. The van der Waals surface area contributed by atoms with Crippen molar-refractivity contribution in [3.8, 4) is 0 Å². The van der Waals surface area contributed by atoms with Crippen molar-refractivity contribution >= 4 is 34.8 Å². The third kappa shape index (κ3) is 3.00. The first-order valence-electron chi connectivity index (χ1n) is 7.25. The van der Waals surface area contributed by atoms with Gasteiger partial charge in [-0.1, -0.05) is 83.4 Å². The van der Waals surface area contributed by atoms with E-state index in [0.29, 0.717) is 6.61 Å². The van der Waals surface area contributed by atoms with E-state index in [4.69, 9.17) is 39.5 Å². The summed E-state index contributed by atoms with van der Waals surface area (Å²) in [6.07, 6.45) is -0.370. The fraction of sp³-hybridized carbons (Fsp3) is 0.333. The van der Waals surface area contributed by atoms with Crippen LogP contribution in [0.1, 0.15) is 28.2 Å². The topological polar surface area (TPSA) is 9.23 Å². The van der Waals surface area contributed by atoms with Gasteiger partial charge in [-0.05, 0) is 18.1 Å². The number of alkyl halides is 3. The molecule has 2 unspecified atom stereocenters. The molecule has 0 amide bonds. The molecular formula is C18H17Cl3O. The maximum Gasteiger partial charge on any atom is 0.155 e. The van der Waals surface area contributed by atoms with Crippen molar-refractivity contribution in [3.63, 3.8) is 0 Å². The van der Waals surface area contributed by atoms with E-state index < -0.39 is 4.33 Å². The number of hydrogen-bond acceptors (Lipinski definition) is 1. The molecule has 0 aliphatic carbocycles. The molecule has 0 bridgehead atoms. The number of benzene rings is 2. The average Bonchev–Trinajstić information content (AvgIpc) is 2.82. The van der Waals surface area contributed by atoms with Crippen molar-refractivity contribution in [1.82, 2.24) is 0 Å². The zero-order valence-electron chi connectivity index (χ0n) is 12.2. The summed E-state index contributed by atoms with van der Waals surface area (Å²) in [7, 11) is 0. The minimum atomic E-state index is -1.06. The van der Waals surface area contributed by atoms with E-state index in [1.807, 2.05) is 55.5 Å². The molecule has 3 atom stereocenters. The van der Waals surface area contributed by atoms with E-state index in [2.05, 4.69) is 6.07 Å². The molecular weight excluding hydrogens is 339 g/mol. The van der Waals surface area contributed by atoms with Crippen molar-refractivity contribution in [2.75, 3.05) is 6.61 Å². The summed E-state index contributed by atoms with van der Waals surface area (Å²) in [6, 6.07) is 17.9. The highest BCUT2D eigenvalue weighted by molar-refractivity contribution is 6.49. The average molecular weight is 356 g/mol. The van der Waals surface area contributed by atoms with Gasteiger partial charge in [0.1, 0.15) is 6.10 Å². The first-order chi connectivity index (χ1) is 10.5. The summed E-state index contributed by atoms with van der Waals surface area (Å²) in [5.41, 5.74) is 3.15. The molecule has 22 heavy (non-hydrogen) atoms. The van der Waals surface area contributed by atoms with Crippen LogP contribution in [-0.2, 0) is 4.74 Å². The molecule has 116 valence electrons. The van der Waals surface area contributed by atoms with E-state index in [9.17, 15) is 0 Å². The van der Waals surface area contributed by atoms with Crippen LogP contribution in [-0.4, -0.2) is 10.9 Å². The lowest BCUT2D eigenvalue weighted by Crippen LogP contribution is -2.29. The van der Waals surface area contributed by atoms with Crippen molar-refractivity contribution in [2.45, 2.75) is 22.7 Å². The highest BCUT2D eigenvalue weighted by Crippen LogP contribution is 2.55. The molecule has 1 saturated heterocycles. The highest BCUT2D eigenvalue weighted by Gasteiger charge is 2.52. The van der Waals surface area contributed by atoms with Crippen LogP contribution in [0.3, 0.4) is 0 Å². The zero-order valence-corrected chi connectivity index (χ0v) is 14.4. The largest absolute Gasteiger partial charge is 0.370 e. The predicted octanol–water partition coefficient (Wildman–Crippen LogP) is 5.84. The Morgan fingerprint density at radius 1 is 1.09 bits per heavy atom. The molecule has 2 aromatic rings. The quantitative estimate of drug-likeness (QED) is 0.629. The second-order valence-corrected chi connectivity index (χ2v) is 7.64. The number of halogens is 3.